The third kappa shape index (κ3) is 3.33. The third-order valence-electron chi connectivity index (χ3n) is 5.01. The molecule has 0 saturated carbocycles. The van der Waals surface area contributed by atoms with E-state index in [9.17, 15) is 14.7 Å². The molecule has 0 spiro atoms. The van der Waals surface area contributed by atoms with Gasteiger partial charge in [0.05, 0.1) is 18.7 Å². The second-order valence-corrected chi connectivity index (χ2v) is 7.19. The molecule has 1 atom stereocenters. The fraction of sp³-hybridized carbons (Fsp3) is 0.0833. The van der Waals surface area contributed by atoms with Gasteiger partial charge in [-0.1, -0.05) is 66.2 Å². The van der Waals surface area contributed by atoms with E-state index in [1.165, 1.54) is 12.0 Å². The first-order valence-electron chi connectivity index (χ1n) is 9.28. The zero-order valence-electron chi connectivity index (χ0n) is 16.1. The topological polar surface area (TPSA) is 66.8 Å². The molecule has 0 aromatic heterocycles. The van der Waals surface area contributed by atoms with Gasteiger partial charge in [0.2, 0.25) is 0 Å². The summed E-state index contributed by atoms with van der Waals surface area (Å²) in [5.41, 5.74) is 1.47. The zero-order valence-corrected chi connectivity index (χ0v) is 16.8. The van der Waals surface area contributed by atoms with Crippen molar-refractivity contribution >= 4 is 34.7 Å². The number of amides is 1. The molecule has 1 saturated heterocycles. The van der Waals surface area contributed by atoms with Crippen molar-refractivity contribution < 1.29 is 19.4 Å². The highest BCUT2D eigenvalue weighted by molar-refractivity contribution is 6.51. The molecule has 4 rings (SSSR count). The number of nitrogens with zero attached hydrogens (tertiary/aromatic N) is 1. The predicted octanol–water partition coefficient (Wildman–Crippen LogP) is 4.97. The van der Waals surface area contributed by atoms with Crippen molar-refractivity contribution in [1.82, 2.24) is 0 Å². The molecule has 5 nitrogen and oxygen atoms in total. The zero-order chi connectivity index (χ0) is 21.3. The van der Waals surface area contributed by atoms with Gasteiger partial charge in [-0.2, -0.15) is 0 Å². The molecule has 1 aliphatic rings. The van der Waals surface area contributed by atoms with E-state index in [0.717, 1.165) is 0 Å². The van der Waals surface area contributed by atoms with E-state index in [1.807, 2.05) is 0 Å². The molecule has 1 heterocycles. The Morgan fingerprint density at radius 1 is 0.967 bits per heavy atom. The quantitative estimate of drug-likeness (QED) is 0.368. The van der Waals surface area contributed by atoms with E-state index in [2.05, 4.69) is 0 Å². The van der Waals surface area contributed by atoms with E-state index in [4.69, 9.17) is 16.3 Å². The molecule has 0 aliphatic carbocycles. The van der Waals surface area contributed by atoms with Crippen LogP contribution in [0.5, 0.6) is 5.75 Å². The second kappa shape index (κ2) is 8.05. The maximum Gasteiger partial charge on any atom is 0.300 e. The first-order chi connectivity index (χ1) is 14.5. The average molecular weight is 420 g/mol. The summed E-state index contributed by atoms with van der Waals surface area (Å²) in [5, 5.41) is 11.5. The molecule has 3 aromatic carbocycles. The second-order valence-electron chi connectivity index (χ2n) is 6.76. The number of ether oxygens (including phenoxy) is 1. The number of anilines is 1. The molecular weight excluding hydrogens is 402 g/mol. The lowest BCUT2D eigenvalue weighted by Gasteiger charge is -2.26. The molecule has 1 aliphatic heterocycles. The minimum absolute atomic E-state index is 0.00400. The van der Waals surface area contributed by atoms with E-state index < -0.39 is 17.7 Å². The van der Waals surface area contributed by atoms with Gasteiger partial charge in [-0.25, -0.2) is 0 Å². The normalized spacial score (nSPS) is 17.9. The maximum atomic E-state index is 13.1. The lowest BCUT2D eigenvalue weighted by Crippen LogP contribution is -2.29. The molecule has 0 bridgehead atoms. The highest BCUT2D eigenvalue weighted by atomic mass is 35.5. The Hall–Kier alpha value is -3.57. The van der Waals surface area contributed by atoms with Crippen LogP contribution in [-0.4, -0.2) is 23.9 Å². The monoisotopic (exact) mass is 419 g/mol. The summed E-state index contributed by atoms with van der Waals surface area (Å²) in [6.07, 6.45) is 0. The number of benzene rings is 3. The van der Waals surface area contributed by atoms with Gasteiger partial charge in [0.15, 0.2) is 0 Å². The SMILES string of the molecule is COc1ccccc1C1/C(=C(\O)c2ccccc2)C(=O)C(=O)N1c1cccc(Cl)c1. The highest BCUT2D eigenvalue weighted by Crippen LogP contribution is 2.45. The smallest absolute Gasteiger partial charge is 0.300 e. The van der Waals surface area contributed by atoms with Crippen molar-refractivity contribution in [2.45, 2.75) is 6.04 Å². The van der Waals surface area contributed by atoms with Crippen LogP contribution >= 0.6 is 11.6 Å². The molecule has 1 N–H and O–H groups in total. The predicted molar refractivity (Wildman–Crippen MR) is 116 cm³/mol. The molecular formula is C24H18ClNO4. The maximum absolute atomic E-state index is 13.1. The number of aliphatic hydroxyl groups is 1. The van der Waals surface area contributed by atoms with Crippen LogP contribution in [0, 0.1) is 0 Å². The fourth-order valence-electron chi connectivity index (χ4n) is 3.66. The standard InChI is InChI=1S/C24H18ClNO4/c1-30-19-13-6-5-12-18(19)21-20(22(27)15-8-3-2-4-9-15)23(28)24(29)26(21)17-11-7-10-16(25)14-17/h2-14,21,27H,1H3/b22-20+. The van der Waals surface area contributed by atoms with Crippen LogP contribution in [0.25, 0.3) is 5.76 Å². The summed E-state index contributed by atoms with van der Waals surface area (Å²) < 4.78 is 5.49. The number of hydrogen-bond acceptors (Lipinski definition) is 4. The van der Waals surface area contributed by atoms with Crippen LogP contribution in [0.1, 0.15) is 17.2 Å². The first kappa shape index (κ1) is 19.7. The van der Waals surface area contributed by atoms with E-state index in [0.29, 0.717) is 27.6 Å². The van der Waals surface area contributed by atoms with Gasteiger partial charge in [0, 0.05) is 21.8 Å². The van der Waals surface area contributed by atoms with Crippen molar-refractivity contribution in [2.24, 2.45) is 0 Å². The number of para-hydroxylation sites is 1. The molecule has 30 heavy (non-hydrogen) atoms. The number of aliphatic hydroxyl groups excluding tert-OH is 1. The lowest BCUT2D eigenvalue weighted by atomic mass is 9.94. The summed E-state index contributed by atoms with van der Waals surface area (Å²) in [5.74, 6) is -1.26. The lowest BCUT2D eigenvalue weighted by molar-refractivity contribution is -0.132. The number of halogens is 1. The molecule has 6 heteroatoms. The van der Waals surface area contributed by atoms with Gasteiger partial charge >= 0.3 is 0 Å². The Labute approximate surface area is 178 Å². The van der Waals surface area contributed by atoms with Crippen molar-refractivity contribution in [2.75, 3.05) is 12.0 Å². The van der Waals surface area contributed by atoms with Gasteiger partial charge in [-0.05, 0) is 24.3 Å². The van der Waals surface area contributed by atoms with Crippen LogP contribution in [0.4, 0.5) is 5.69 Å². The number of ketones is 1. The number of carbonyl (C=O) groups is 2. The number of Topliss-reactive ketones (excluding diaryl/α,β-unsaturated/α-hetero) is 1. The Morgan fingerprint density at radius 2 is 1.67 bits per heavy atom. The fourth-order valence-corrected chi connectivity index (χ4v) is 3.85. The van der Waals surface area contributed by atoms with Crippen LogP contribution in [0.2, 0.25) is 5.02 Å². The summed E-state index contributed by atoms with van der Waals surface area (Å²) >= 11 is 6.15. The van der Waals surface area contributed by atoms with Gasteiger partial charge in [0.1, 0.15) is 11.5 Å². The number of hydrogen-bond donors (Lipinski definition) is 1. The van der Waals surface area contributed by atoms with Crippen molar-refractivity contribution in [3.8, 4) is 5.75 Å². The Kier molecular flexibility index (Phi) is 5.29. The Bertz CT molecular complexity index is 1160. The molecule has 3 aromatic rings. The van der Waals surface area contributed by atoms with Crippen LogP contribution in [-0.2, 0) is 9.59 Å². The van der Waals surface area contributed by atoms with E-state index >= 15 is 0 Å². The van der Waals surface area contributed by atoms with Gasteiger partial charge in [-0.15, -0.1) is 0 Å². The van der Waals surface area contributed by atoms with E-state index in [1.54, 1.807) is 78.9 Å². The molecule has 0 radical (unpaired) electrons. The van der Waals surface area contributed by atoms with Crippen LogP contribution in [0.15, 0.2) is 84.4 Å². The van der Waals surface area contributed by atoms with Gasteiger partial charge < -0.3 is 9.84 Å². The van der Waals surface area contributed by atoms with Gasteiger partial charge in [-0.3, -0.25) is 14.5 Å². The van der Waals surface area contributed by atoms with Crippen LogP contribution < -0.4 is 9.64 Å². The average Bonchev–Trinajstić information content (AvgIpc) is 3.04. The summed E-state index contributed by atoms with van der Waals surface area (Å²) in [6.45, 7) is 0. The van der Waals surface area contributed by atoms with E-state index in [-0.39, 0.29) is 11.3 Å². The number of rotatable bonds is 4. The summed E-state index contributed by atoms with van der Waals surface area (Å²) in [7, 11) is 1.52. The van der Waals surface area contributed by atoms with Crippen molar-refractivity contribution in [3.63, 3.8) is 0 Å². The molecule has 1 fully saturated rings. The van der Waals surface area contributed by atoms with Crippen molar-refractivity contribution in [1.29, 1.82) is 0 Å². The molecule has 1 amide bonds. The highest BCUT2D eigenvalue weighted by Gasteiger charge is 2.47. The minimum Gasteiger partial charge on any atom is -0.507 e. The third-order valence-corrected chi connectivity index (χ3v) is 5.25. The number of methoxy groups -OCH3 is 1. The largest absolute Gasteiger partial charge is 0.507 e. The van der Waals surface area contributed by atoms with Gasteiger partial charge in [0.25, 0.3) is 11.7 Å². The molecule has 150 valence electrons. The Morgan fingerprint density at radius 3 is 2.37 bits per heavy atom. The Balaban J connectivity index is 2.00. The van der Waals surface area contributed by atoms with Crippen molar-refractivity contribution in [3.05, 3.63) is 101 Å². The molecule has 1 unspecified atom stereocenters. The van der Waals surface area contributed by atoms with Crippen LogP contribution in [0.3, 0.4) is 0 Å². The summed E-state index contributed by atoms with van der Waals surface area (Å²) in [4.78, 5) is 27.5. The first-order valence-corrected chi connectivity index (χ1v) is 9.65. The summed E-state index contributed by atoms with van der Waals surface area (Å²) in [6, 6.07) is 21.6. The number of carbonyl (C=O) groups excluding carboxylic acids is 2. The minimum atomic E-state index is -0.875.